The number of nitrogens with zero attached hydrogens (tertiary/aromatic N) is 2. The molecule has 1 fully saturated rings. The molecular weight excluding hydrogens is 284 g/mol. The van der Waals surface area contributed by atoms with Crippen LogP contribution >= 0.6 is 11.8 Å². The quantitative estimate of drug-likeness (QED) is 0.871. The Hall–Kier alpha value is -1.59. The van der Waals surface area contributed by atoms with E-state index in [1.165, 1.54) is 0 Å². The predicted octanol–water partition coefficient (Wildman–Crippen LogP) is 2.85. The van der Waals surface area contributed by atoms with Gasteiger partial charge < -0.3 is 9.64 Å². The van der Waals surface area contributed by atoms with Crippen molar-refractivity contribution in [2.24, 2.45) is 0 Å². The second kappa shape index (κ2) is 6.45. The van der Waals surface area contributed by atoms with Crippen LogP contribution in [0.4, 0.5) is 0 Å². The van der Waals surface area contributed by atoms with Gasteiger partial charge in [0, 0.05) is 37.4 Å². The molecule has 0 bridgehead atoms. The number of aromatic nitrogens is 1. The maximum atomic E-state index is 12.3. The van der Waals surface area contributed by atoms with Crippen LogP contribution in [0.3, 0.4) is 0 Å². The van der Waals surface area contributed by atoms with E-state index in [0.29, 0.717) is 19.6 Å². The van der Waals surface area contributed by atoms with Crippen molar-refractivity contribution in [3.63, 3.8) is 0 Å². The van der Waals surface area contributed by atoms with Gasteiger partial charge in [-0.05, 0) is 17.7 Å². The van der Waals surface area contributed by atoms with E-state index in [1.54, 1.807) is 7.11 Å². The summed E-state index contributed by atoms with van der Waals surface area (Å²) in [7, 11) is 1.67. The molecule has 0 radical (unpaired) electrons. The fourth-order valence-corrected chi connectivity index (χ4v) is 3.95. The van der Waals surface area contributed by atoms with Crippen molar-refractivity contribution in [3.05, 3.63) is 42.1 Å². The van der Waals surface area contributed by atoms with E-state index < -0.39 is 0 Å². The third-order valence-electron chi connectivity index (χ3n) is 3.68. The third-order valence-corrected chi connectivity index (χ3v) is 4.94. The number of para-hydroxylation sites is 1. The summed E-state index contributed by atoms with van der Waals surface area (Å²) in [5.41, 5.74) is 2.13. The SMILES string of the molecule is COCCN1C(=O)CCSC1c1ccnc2ccccc12. The van der Waals surface area contributed by atoms with Gasteiger partial charge in [-0.3, -0.25) is 9.78 Å². The summed E-state index contributed by atoms with van der Waals surface area (Å²) < 4.78 is 5.15. The maximum Gasteiger partial charge on any atom is 0.224 e. The molecule has 5 heteroatoms. The van der Waals surface area contributed by atoms with Crippen molar-refractivity contribution in [1.82, 2.24) is 9.88 Å². The Labute approximate surface area is 128 Å². The predicted molar refractivity (Wildman–Crippen MR) is 85.1 cm³/mol. The maximum absolute atomic E-state index is 12.3. The largest absolute Gasteiger partial charge is 0.383 e. The van der Waals surface area contributed by atoms with Crippen LogP contribution in [-0.2, 0) is 9.53 Å². The molecule has 0 spiro atoms. The van der Waals surface area contributed by atoms with Crippen LogP contribution in [0.25, 0.3) is 10.9 Å². The van der Waals surface area contributed by atoms with Crippen molar-refractivity contribution in [3.8, 4) is 0 Å². The number of hydrogen-bond acceptors (Lipinski definition) is 4. The number of carbonyl (C=O) groups is 1. The van der Waals surface area contributed by atoms with E-state index in [9.17, 15) is 4.79 Å². The summed E-state index contributed by atoms with van der Waals surface area (Å²) in [6.45, 7) is 1.19. The average Bonchev–Trinajstić information content (AvgIpc) is 2.53. The first kappa shape index (κ1) is 14.4. The minimum atomic E-state index is 0.0503. The summed E-state index contributed by atoms with van der Waals surface area (Å²) in [5, 5.41) is 1.17. The van der Waals surface area contributed by atoms with Gasteiger partial charge in [-0.25, -0.2) is 0 Å². The van der Waals surface area contributed by atoms with Crippen LogP contribution in [0.2, 0.25) is 0 Å². The van der Waals surface area contributed by atoms with Crippen LogP contribution in [0.1, 0.15) is 17.4 Å². The van der Waals surface area contributed by atoms with Gasteiger partial charge in [-0.2, -0.15) is 0 Å². The zero-order chi connectivity index (χ0) is 14.7. The number of thioether (sulfide) groups is 1. The normalized spacial score (nSPS) is 19.2. The molecule has 2 aromatic rings. The molecule has 110 valence electrons. The van der Waals surface area contributed by atoms with E-state index in [2.05, 4.69) is 11.1 Å². The minimum Gasteiger partial charge on any atom is -0.383 e. The van der Waals surface area contributed by atoms with E-state index in [1.807, 2.05) is 47.1 Å². The van der Waals surface area contributed by atoms with Gasteiger partial charge in [-0.15, -0.1) is 11.8 Å². The molecule has 1 aliphatic rings. The van der Waals surface area contributed by atoms with Gasteiger partial charge in [0.15, 0.2) is 0 Å². The Balaban J connectivity index is 2.00. The number of pyridine rings is 1. The zero-order valence-electron chi connectivity index (χ0n) is 12.0. The fraction of sp³-hybridized carbons (Fsp3) is 0.375. The number of ether oxygens (including phenoxy) is 1. The molecule has 1 aliphatic heterocycles. The summed E-state index contributed by atoms with van der Waals surface area (Å²) in [6, 6.07) is 10.1. The molecule has 1 atom stereocenters. The summed E-state index contributed by atoms with van der Waals surface area (Å²) >= 11 is 1.82. The van der Waals surface area contributed by atoms with Crippen molar-refractivity contribution in [2.45, 2.75) is 11.8 Å². The second-order valence-corrected chi connectivity index (χ2v) is 6.16. The molecule has 4 nitrogen and oxygen atoms in total. The van der Waals surface area contributed by atoms with Crippen LogP contribution in [0, 0.1) is 0 Å². The Bertz CT molecular complexity index is 642. The van der Waals surface area contributed by atoms with Crippen LogP contribution in [-0.4, -0.2) is 41.8 Å². The highest BCUT2D eigenvalue weighted by atomic mass is 32.2. The lowest BCUT2D eigenvalue weighted by Crippen LogP contribution is -2.39. The molecule has 1 saturated heterocycles. The first-order valence-corrected chi connectivity index (χ1v) is 8.10. The Morgan fingerprint density at radius 1 is 1.38 bits per heavy atom. The van der Waals surface area contributed by atoms with Gasteiger partial charge in [-0.1, -0.05) is 18.2 Å². The monoisotopic (exact) mass is 302 g/mol. The Kier molecular flexibility index (Phi) is 4.41. The molecule has 0 N–H and O–H groups in total. The van der Waals surface area contributed by atoms with E-state index >= 15 is 0 Å². The number of rotatable bonds is 4. The highest BCUT2D eigenvalue weighted by Gasteiger charge is 2.30. The number of methoxy groups -OCH3 is 1. The van der Waals surface area contributed by atoms with Gasteiger partial charge in [0.05, 0.1) is 12.1 Å². The van der Waals surface area contributed by atoms with Crippen LogP contribution < -0.4 is 0 Å². The van der Waals surface area contributed by atoms with Gasteiger partial charge in [0.25, 0.3) is 0 Å². The van der Waals surface area contributed by atoms with Crippen LogP contribution in [0.5, 0.6) is 0 Å². The Morgan fingerprint density at radius 2 is 2.24 bits per heavy atom. The molecule has 1 unspecified atom stereocenters. The van der Waals surface area contributed by atoms with Crippen LogP contribution in [0.15, 0.2) is 36.5 Å². The summed E-state index contributed by atoms with van der Waals surface area (Å²) in [6.07, 6.45) is 2.43. The van der Waals surface area contributed by atoms with E-state index in [4.69, 9.17) is 4.74 Å². The molecule has 1 aromatic heterocycles. The molecule has 1 amide bonds. The van der Waals surface area contributed by atoms with Gasteiger partial charge in [0.1, 0.15) is 5.37 Å². The minimum absolute atomic E-state index is 0.0503. The standard InChI is InChI=1S/C16H18N2O2S/c1-20-10-9-18-15(19)7-11-21-16(18)13-6-8-17-14-5-3-2-4-12(13)14/h2-6,8,16H,7,9-11H2,1H3. The summed E-state index contributed by atoms with van der Waals surface area (Å²) in [4.78, 5) is 18.6. The number of hydrogen-bond donors (Lipinski definition) is 0. The van der Waals surface area contributed by atoms with Crippen molar-refractivity contribution in [1.29, 1.82) is 0 Å². The first-order valence-electron chi connectivity index (χ1n) is 7.05. The van der Waals surface area contributed by atoms with Crippen molar-refractivity contribution < 1.29 is 9.53 Å². The van der Waals surface area contributed by atoms with Crippen molar-refractivity contribution in [2.75, 3.05) is 26.0 Å². The summed E-state index contributed by atoms with van der Waals surface area (Å²) in [5.74, 6) is 1.07. The molecular formula is C16H18N2O2S. The molecule has 2 heterocycles. The van der Waals surface area contributed by atoms with Crippen molar-refractivity contribution >= 4 is 28.6 Å². The van der Waals surface area contributed by atoms with E-state index in [-0.39, 0.29) is 11.3 Å². The highest BCUT2D eigenvalue weighted by Crippen LogP contribution is 2.39. The molecule has 21 heavy (non-hydrogen) atoms. The number of amides is 1. The smallest absolute Gasteiger partial charge is 0.224 e. The molecule has 1 aromatic carbocycles. The fourth-order valence-electron chi connectivity index (χ4n) is 2.64. The number of carbonyl (C=O) groups excluding carboxylic acids is 1. The average molecular weight is 302 g/mol. The second-order valence-electron chi connectivity index (χ2n) is 4.97. The van der Waals surface area contributed by atoms with Gasteiger partial charge >= 0.3 is 0 Å². The number of fused-ring (bicyclic) bond motifs is 1. The van der Waals surface area contributed by atoms with Gasteiger partial charge in [0.2, 0.25) is 5.91 Å². The third kappa shape index (κ3) is 2.89. The number of benzene rings is 1. The topological polar surface area (TPSA) is 42.4 Å². The highest BCUT2D eigenvalue weighted by molar-refractivity contribution is 7.99. The molecule has 0 aliphatic carbocycles. The first-order chi connectivity index (χ1) is 10.3. The molecule has 3 rings (SSSR count). The zero-order valence-corrected chi connectivity index (χ0v) is 12.8. The Morgan fingerprint density at radius 3 is 3.10 bits per heavy atom. The lowest BCUT2D eigenvalue weighted by molar-refractivity contribution is -0.132. The van der Waals surface area contributed by atoms with E-state index in [0.717, 1.165) is 22.2 Å². The lowest BCUT2D eigenvalue weighted by Gasteiger charge is -2.35. The lowest BCUT2D eigenvalue weighted by atomic mass is 10.1. The molecule has 0 saturated carbocycles.